The molecule has 0 radical (unpaired) electrons. The summed E-state index contributed by atoms with van der Waals surface area (Å²) in [6.45, 7) is 4.23. The molecule has 25 heavy (non-hydrogen) atoms. The monoisotopic (exact) mass is 340 g/mol. The number of ether oxygens (including phenoxy) is 1. The van der Waals surface area contributed by atoms with Gasteiger partial charge in [0.15, 0.2) is 0 Å². The standard InChI is InChI=1S/C21H28N2O2/c24-21(19-3-1-2-4-20(19)22-5-7-25-8-6-22)23-14-17-10-15-9-16(11-17)13-18(23)12-15/h1-4,15-18H,5-14H2. The molecule has 0 spiro atoms. The molecule has 2 saturated carbocycles. The van der Waals surface area contributed by atoms with Crippen LogP contribution in [0.15, 0.2) is 24.3 Å². The van der Waals surface area contributed by atoms with E-state index in [2.05, 4.69) is 21.9 Å². The minimum atomic E-state index is 0.264. The molecule has 2 unspecified atom stereocenters. The predicted octanol–water partition coefficient (Wildman–Crippen LogP) is 3.17. The van der Waals surface area contributed by atoms with Crippen molar-refractivity contribution >= 4 is 11.6 Å². The Morgan fingerprint density at radius 2 is 1.60 bits per heavy atom. The summed E-state index contributed by atoms with van der Waals surface area (Å²) >= 11 is 0. The third-order valence-electron chi connectivity index (χ3n) is 6.85. The highest BCUT2D eigenvalue weighted by molar-refractivity contribution is 6.00. The number of benzene rings is 1. The second kappa shape index (κ2) is 6.31. The summed E-state index contributed by atoms with van der Waals surface area (Å²) in [6.07, 6.45) is 6.58. The van der Waals surface area contributed by atoms with E-state index in [0.29, 0.717) is 6.04 Å². The molecule has 5 aliphatic rings. The fourth-order valence-corrected chi connectivity index (χ4v) is 5.92. The van der Waals surface area contributed by atoms with Crippen molar-refractivity contribution in [3.05, 3.63) is 29.8 Å². The second-order valence-corrected chi connectivity index (χ2v) is 8.50. The average molecular weight is 340 g/mol. The summed E-state index contributed by atoms with van der Waals surface area (Å²) < 4.78 is 5.49. The summed E-state index contributed by atoms with van der Waals surface area (Å²) in [4.78, 5) is 18.1. The number of morpholine rings is 1. The maximum Gasteiger partial charge on any atom is 0.256 e. The molecule has 0 N–H and O–H groups in total. The highest BCUT2D eigenvalue weighted by Gasteiger charge is 2.44. The summed E-state index contributed by atoms with van der Waals surface area (Å²) in [7, 11) is 0. The van der Waals surface area contributed by atoms with Crippen LogP contribution >= 0.6 is 0 Å². The first-order valence-electron chi connectivity index (χ1n) is 10.0. The Kier molecular flexibility index (Phi) is 3.96. The van der Waals surface area contributed by atoms with Crippen LogP contribution in [0.4, 0.5) is 5.69 Å². The summed E-state index contributed by atoms with van der Waals surface area (Å²) in [5.41, 5.74) is 1.99. The number of amides is 1. The number of anilines is 1. The zero-order valence-electron chi connectivity index (χ0n) is 14.9. The van der Waals surface area contributed by atoms with Gasteiger partial charge in [0.1, 0.15) is 0 Å². The lowest BCUT2D eigenvalue weighted by Crippen LogP contribution is -2.43. The van der Waals surface area contributed by atoms with Crippen LogP contribution in [0.1, 0.15) is 42.5 Å². The van der Waals surface area contributed by atoms with Crippen LogP contribution in [-0.2, 0) is 4.74 Å². The number of para-hydroxylation sites is 1. The molecule has 1 aromatic carbocycles. The van der Waals surface area contributed by atoms with Crippen molar-refractivity contribution in [2.45, 2.75) is 38.1 Å². The van der Waals surface area contributed by atoms with Gasteiger partial charge in [0.05, 0.1) is 18.8 Å². The Labute approximate surface area is 150 Å². The fourth-order valence-electron chi connectivity index (χ4n) is 5.92. The maximum atomic E-state index is 13.5. The summed E-state index contributed by atoms with van der Waals surface area (Å²) in [5, 5.41) is 0. The Balaban J connectivity index is 1.44. The minimum absolute atomic E-state index is 0.264. The first-order valence-corrected chi connectivity index (χ1v) is 10.0. The Bertz CT molecular complexity index is 641. The number of nitrogens with zero attached hydrogens (tertiary/aromatic N) is 2. The number of rotatable bonds is 2. The van der Waals surface area contributed by atoms with Gasteiger partial charge in [-0.3, -0.25) is 4.79 Å². The number of fused-ring (bicyclic) bond motifs is 1. The topological polar surface area (TPSA) is 32.8 Å². The van der Waals surface area contributed by atoms with E-state index in [1.54, 1.807) is 0 Å². The van der Waals surface area contributed by atoms with Crippen LogP contribution in [0.5, 0.6) is 0 Å². The molecule has 0 aromatic heterocycles. The van der Waals surface area contributed by atoms with E-state index in [1.807, 2.05) is 12.1 Å². The van der Waals surface area contributed by atoms with E-state index in [0.717, 1.165) is 61.9 Å². The van der Waals surface area contributed by atoms with Crippen molar-refractivity contribution in [2.24, 2.45) is 17.8 Å². The molecular weight excluding hydrogens is 312 g/mol. The van der Waals surface area contributed by atoms with Crippen molar-refractivity contribution in [2.75, 3.05) is 37.7 Å². The molecule has 4 heteroatoms. The Hall–Kier alpha value is -1.55. The van der Waals surface area contributed by atoms with E-state index in [-0.39, 0.29) is 5.91 Å². The van der Waals surface area contributed by atoms with Gasteiger partial charge in [0, 0.05) is 31.4 Å². The lowest BCUT2D eigenvalue weighted by atomic mass is 9.68. The lowest BCUT2D eigenvalue weighted by molar-refractivity contribution is 0.0632. The van der Waals surface area contributed by atoms with Gasteiger partial charge in [-0.2, -0.15) is 0 Å². The molecule has 3 saturated heterocycles. The van der Waals surface area contributed by atoms with Crippen LogP contribution in [0.2, 0.25) is 0 Å². The average Bonchev–Trinajstić information content (AvgIpc) is 2.85. The van der Waals surface area contributed by atoms with Gasteiger partial charge in [0.2, 0.25) is 0 Å². The first kappa shape index (κ1) is 15.7. The third kappa shape index (κ3) is 2.84. The molecule has 2 aliphatic carbocycles. The minimum Gasteiger partial charge on any atom is -0.378 e. The lowest BCUT2D eigenvalue weighted by Gasteiger charge is -2.39. The zero-order valence-corrected chi connectivity index (χ0v) is 14.9. The SMILES string of the molecule is O=C(c1ccccc1N1CCOCC1)N1CC2CC3CC(C2)CC1C3. The molecule has 5 fully saturated rings. The van der Waals surface area contributed by atoms with Crippen LogP contribution in [-0.4, -0.2) is 49.7 Å². The van der Waals surface area contributed by atoms with Crippen molar-refractivity contribution in [3.8, 4) is 0 Å². The number of carbonyl (C=O) groups excluding carboxylic acids is 1. The zero-order chi connectivity index (χ0) is 16.8. The molecule has 2 atom stereocenters. The van der Waals surface area contributed by atoms with Gasteiger partial charge in [-0.25, -0.2) is 0 Å². The largest absolute Gasteiger partial charge is 0.378 e. The van der Waals surface area contributed by atoms with Crippen molar-refractivity contribution < 1.29 is 9.53 Å². The number of carbonyl (C=O) groups is 1. The second-order valence-electron chi connectivity index (χ2n) is 8.50. The molecule has 1 aromatic rings. The molecule has 6 rings (SSSR count). The van der Waals surface area contributed by atoms with Crippen LogP contribution in [0, 0.1) is 17.8 Å². The predicted molar refractivity (Wildman–Crippen MR) is 97.9 cm³/mol. The smallest absolute Gasteiger partial charge is 0.256 e. The first-order chi connectivity index (χ1) is 12.3. The van der Waals surface area contributed by atoms with E-state index in [4.69, 9.17) is 4.74 Å². The highest BCUT2D eigenvalue weighted by Crippen LogP contribution is 2.47. The van der Waals surface area contributed by atoms with Crippen LogP contribution in [0.25, 0.3) is 0 Å². The maximum absolute atomic E-state index is 13.5. The Morgan fingerprint density at radius 1 is 0.920 bits per heavy atom. The summed E-state index contributed by atoms with van der Waals surface area (Å²) in [5.74, 6) is 2.74. The van der Waals surface area contributed by atoms with E-state index < -0.39 is 0 Å². The van der Waals surface area contributed by atoms with Gasteiger partial charge < -0.3 is 14.5 Å². The van der Waals surface area contributed by atoms with E-state index in [9.17, 15) is 4.79 Å². The van der Waals surface area contributed by atoms with Gasteiger partial charge in [0.25, 0.3) is 5.91 Å². The molecule has 134 valence electrons. The highest BCUT2D eigenvalue weighted by atomic mass is 16.5. The van der Waals surface area contributed by atoms with E-state index >= 15 is 0 Å². The third-order valence-corrected chi connectivity index (χ3v) is 6.85. The van der Waals surface area contributed by atoms with Crippen molar-refractivity contribution in [1.29, 1.82) is 0 Å². The molecule has 4 bridgehead atoms. The molecular formula is C21H28N2O2. The number of hydrogen-bond donors (Lipinski definition) is 0. The van der Waals surface area contributed by atoms with Crippen LogP contribution < -0.4 is 4.90 Å². The fraction of sp³-hybridized carbons (Fsp3) is 0.667. The van der Waals surface area contributed by atoms with Gasteiger partial charge in [-0.05, 0) is 62.0 Å². The molecule has 4 nitrogen and oxygen atoms in total. The van der Waals surface area contributed by atoms with Gasteiger partial charge in [-0.15, -0.1) is 0 Å². The molecule has 1 amide bonds. The molecule has 3 heterocycles. The molecule has 3 aliphatic heterocycles. The van der Waals surface area contributed by atoms with Crippen molar-refractivity contribution in [3.63, 3.8) is 0 Å². The van der Waals surface area contributed by atoms with Crippen LogP contribution in [0.3, 0.4) is 0 Å². The Morgan fingerprint density at radius 3 is 2.36 bits per heavy atom. The quantitative estimate of drug-likeness (QED) is 0.829. The summed E-state index contributed by atoms with van der Waals surface area (Å²) in [6, 6.07) is 8.68. The van der Waals surface area contributed by atoms with Gasteiger partial charge >= 0.3 is 0 Å². The van der Waals surface area contributed by atoms with Gasteiger partial charge in [-0.1, -0.05) is 12.1 Å². The van der Waals surface area contributed by atoms with Crippen molar-refractivity contribution in [1.82, 2.24) is 4.90 Å². The normalized spacial score (nSPS) is 34.2. The number of hydrogen-bond acceptors (Lipinski definition) is 3. The van der Waals surface area contributed by atoms with E-state index in [1.165, 1.54) is 32.1 Å².